The Kier molecular flexibility index (Phi) is 1.72. The molecule has 0 heterocycles. The van der Waals surface area contributed by atoms with Crippen LogP contribution < -0.4 is 0 Å². The molecule has 0 radical (unpaired) electrons. The van der Waals surface area contributed by atoms with Gasteiger partial charge < -0.3 is 4.43 Å². The van der Waals surface area contributed by atoms with E-state index in [2.05, 4.69) is 26.6 Å². The molecule has 2 aliphatic rings. The molecule has 2 rings (SSSR count). The Hall–Kier alpha value is 0.177. The van der Waals surface area contributed by atoms with E-state index in [1.54, 1.807) is 0 Å². The molecule has 0 bridgehead atoms. The van der Waals surface area contributed by atoms with Crippen molar-refractivity contribution in [2.75, 3.05) is 0 Å². The molecular formula is C10H20OSi. The minimum absolute atomic E-state index is 0.366. The molecule has 0 unspecified atom stereocenters. The second-order valence-corrected chi connectivity index (χ2v) is 9.89. The molecule has 0 spiro atoms. The van der Waals surface area contributed by atoms with Gasteiger partial charge >= 0.3 is 0 Å². The number of rotatable bonds is 2. The summed E-state index contributed by atoms with van der Waals surface area (Å²) in [6.45, 7) is 9.29. The largest absolute Gasteiger partial charge is 0.412 e. The Morgan fingerprint density at radius 2 is 2.00 bits per heavy atom. The zero-order valence-corrected chi connectivity index (χ0v) is 9.68. The van der Waals surface area contributed by atoms with Gasteiger partial charge in [-0.1, -0.05) is 13.3 Å². The van der Waals surface area contributed by atoms with E-state index in [4.69, 9.17) is 4.43 Å². The summed E-state index contributed by atoms with van der Waals surface area (Å²) >= 11 is 0. The summed E-state index contributed by atoms with van der Waals surface area (Å²) in [4.78, 5) is 0. The highest BCUT2D eigenvalue weighted by Gasteiger charge is 2.66. The van der Waals surface area contributed by atoms with Crippen LogP contribution in [0.5, 0.6) is 0 Å². The molecule has 0 amide bonds. The van der Waals surface area contributed by atoms with Crippen LogP contribution >= 0.6 is 0 Å². The molecule has 0 aliphatic heterocycles. The van der Waals surface area contributed by atoms with E-state index in [1.165, 1.54) is 19.3 Å². The number of hydrogen-bond donors (Lipinski definition) is 0. The first-order chi connectivity index (χ1) is 5.46. The predicted octanol–water partition coefficient (Wildman–Crippen LogP) is 3.03. The Morgan fingerprint density at radius 3 is 2.42 bits per heavy atom. The molecule has 0 aromatic rings. The quantitative estimate of drug-likeness (QED) is 0.599. The Balaban J connectivity index is 2.04. The van der Waals surface area contributed by atoms with Gasteiger partial charge in [0, 0.05) is 0 Å². The molecule has 0 aromatic carbocycles. The van der Waals surface area contributed by atoms with Crippen molar-refractivity contribution in [2.24, 2.45) is 11.8 Å². The fraction of sp³-hybridized carbons (Fsp3) is 1.00. The van der Waals surface area contributed by atoms with Gasteiger partial charge in [-0.15, -0.1) is 0 Å². The molecular weight excluding hydrogens is 164 g/mol. The zero-order chi connectivity index (χ0) is 8.98. The standard InChI is InChI=1S/C10H20OSi/c1-8-9-6-5-7-10(8,9)11-12(2,3)4/h8-9H,5-7H2,1-4H3/t8-,9+,10+/m0/s1. The monoisotopic (exact) mass is 184 g/mol. The minimum atomic E-state index is -1.29. The molecule has 2 aliphatic carbocycles. The molecule has 0 saturated heterocycles. The summed E-state index contributed by atoms with van der Waals surface area (Å²) < 4.78 is 6.31. The average molecular weight is 184 g/mol. The summed E-state index contributed by atoms with van der Waals surface area (Å²) in [6.07, 6.45) is 4.16. The maximum atomic E-state index is 6.31. The van der Waals surface area contributed by atoms with Gasteiger partial charge in [0.05, 0.1) is 5.60 Å². The van der Waals surface area contributed by atoms with Crippen LogP contribution in [-0.2, 0) is 4.43 Å². The van der Waals surface area contributed by atoms with Crippen LogP contribution in [0.2, 0.25) is 19.6 Å². The van der Waals surface area contributed by atoms with Crippen LogP contribution in [0.4, 0.5) is 0 Å². The van der Waals surface area contributed by atoms with Gasteiger partial charge in [-0.25, -0.2) is 0 Å². The van der Waals surface area contributed by atoms with Crippen LogP contribution in [0.15, 0.2) is 0 Å². The number of fused-ring (bicyclic) bond motifs is 1. The second kappa shape index (κ2) is 2.35. The van der Waals surface area contributed by atoms with Crippen LogP contribution in [0.25, 0.3) is 0 Å². The molecule has 0 aromatic heterocycles. The van der Waals surface area contributed by atoms with E-state index in [1.807, 2.05) is 0 Å². The van der Waals surface area contributed by atoms with E-state index in [-0.39, 0.29) is 0 Å². The van der Waals surface area contributed by atoms with Crippen molar-refractivity contribution in [2.45, 2.75) is 51.4 Å². The Bertz CT molecular complexity index is 197. The molecule has 12 heavy (non-hydrogen) atoms. The summed E-state index contributed by atoms with van der Waals surface area (Å²) in [5.74, 6) is 1.78. The first-order valence-corrected chi connectivity index (χ1v) is 8.57. The van der Waals surface area contributed by atoms with Crippen LogP contribution in [0.1, 0.15) is 26.2 Å². The fourth-order valence-electron chi connectivity index (χ4n) is 2.99. The van der Waals surface area contributed by atoms with E-state index < -0.39 is 8.32 Å². The fourth-order valence-corrected chi connectivity index (χ4v) is 4.57. The van der Waals surface area contributed by atoms with Crippen molar-refractivity contribution < 1.29 is 4.43 Å². The van der Waals surface area contributed by atoms with Crippen molar-refractivity contribution in [3.05, 3.63) is 0 Å². The van der Waals surface area contributed by atoms with Gasteiger partial charge in [-0.05, 0) is 44.3 Å². The summed E-state index contributed by atoms with van der Waals surface area (Å²) in [7, 11) is -1.29. The third-order valence-electron chi connectivity index (χ3n) is 3.47. The molecule has 2 fully saturated rings. The normalized spacial score (nSPS) is 46.0. The van der Waals surface area contributed by atoms with E-state index >= 15 is 0 Å². The topological polar surface area (TPSA) is 9.23 Å². The SMILES string of the molecule is C[C@H]1[C@H]2CCC[C@]21O[Si](C)(C)C. The molecule has 2 saturated carbocycles. The molecule has 2 heteroatoms. The molecule has 3 atom stereocenters. The second-order valence-electron chi connectivity index (χ2n) is 5.46. The highest BCUT2D eigenvalue weighted by atomic mass is 28.4. The summed E-state index contributed by atoms with van der Waals surface area (Å²) in [5, 5.41) is 0. The van der Waals surface area contributed by atoms with Gasteiger partial charge in [-0.2, -0.15) is 0 Å². The van der Waals surface area contributed by atoms with Gasteiger partial charge in [-0.3, -0.25) is 0 Å². The molecule has 70 valence electrons. The highest BCUT2D eigenvalue weighted by molar-refractivity contribution is 6.69. The zero-order valence-electron chi connectivity index (χ0n) is 8.68. The number of hydrogen-bond acceptors (Lipinski definition) is 1. The smallest absolute Gasteiger partial charge is 0.184 e. The van der Waals surface area contributed by atoms with E-state index in [0.29, 0.717) is 5.60 Å². The lowest BCUT2D eigenvalue weighted by Crippen LogP contribution is -2.34. The minimum Gasteiger partial charge on any atom is -0.412 e. The lowest BCUT2D eigenvalue weighted by molar-refractivity contribution is 0.148. The third kappa shape index (κ3) is 1.16. The lowest BCUT2D eigenvalue weighted by Gasteiger charge is -2.26. The first kappa shape index (κ1) is 8.76. The van der Waals surface area contributed by atoms with Crippen molar-refractivity contribution in [3.8, 4) is 0 Å². The van der Waals surface area contributed by atoms with Crippen LogP contribution in [-0.4, -0.2) is 13.9 Å². The average Bonchev–Trinajstić information content (AvgIpc) is 2.36. The third-order valence-corrected chi connectivity index (χ3v) is 4.46. The predicted molar refractivity (Wildman–Crippen MR) is 53.7 cm³/mol. The molecule has 1 nitrogen and oxygen atoms in total. The van der Waals surface area contributed by atoms with Gasteiger partial charge in [0.2, 0.25) is 0 Å². The van der Waals surface area contributed by atoms with E-state index in [9.17, 15) is 0 Å². The summed E-state index contributed by atoms with van der Waals surface area (Å²) in [5.41, 5.74) is 0.366. The Morgan fingerprint density at radius 1 is 1.33 bits per heavy atom. The Labute approximate surface area is 76.6 Å². The maximum Gasteiger partial charge on any atom is 0.184 e. The van der Waals surface area contributed by atoms with E-state index in [0.717, 1.165) is 11.8 Å². The van der Waals surface area contributed by atoms with Crippen molar-refractivity contribution in [1.82, 2.24) is 0 Å². The van der Waals surface area contributed by atoms with Crippen molar-refractivity contribution in [3.63, 3.8) is 0 Å². The van der Waals surface area contributed by atoms with Crippen molar-refractivity contribution >= 4 is 8.32 Å². The van der Waals surface area contributed by atoms with Crippen LogP contribution in [0.3, 0.4) is 0 Å². The van der Waals surface area contributed by atoms with Crippen molar-refractivity contribution in [1.29, 1.82) is 0 Å². The summed E-state index contributed by atoms with van der Waals surface area (Å²) in [6, 6.07) is 0. The maximum absolute atomic E-state index is 6.31. The van der Waals surface area contributed by atoms with Crippen LogP contribution in [0, 0.1) is 11.8 Å². The highest BCUT2D eigenvalue weighted by Crippen LogP contribution is 2.63. The molecule has 0 N–H and O–H groups in total. The van der Waals surface area contributed by atoms with Gasteiger partial charge in [0.15, 0.2) is 8.32 Å². The first-order valence-electron chi connectivity index (χ1n) is 5.16. The lowest BCUT2D eigenvalue weighted by atomic mass is 10.1. The van der Waals surface area contributed by atoms with Gasteiger partial charge in [0.1, 0.15) is 0 Å². The van der Waals surface area contributed by atoms with Gasteiger partial charge in [0.25, 0.3) is 0 Å².